The number of hydrogen-bond donors (Lipinski definition) is 1. The van der Waals surface area contributed by atoms with Crippen LogP contribution in [0.1, 0.15) is 24.9 Å². The molecule has 0 amide bonds. The van der Waals surface area contributed by atoms with Crippen molar-refractivity contribution >= 4 is 17.3 Å². The van der Waals surface area contributed by atoms with Crippen molar-refractivity contribution in [1.82, 2.24) is 10.2 Å². The molecule has 1 aromatic rings. The van der Waals surface area contributed by atoms with Crippen LogP contribution in [-0.2, 0) is 0 Å². The van der Waals surface area contributed by atoms with Crippen molar-refractivity contribution in [3.63, 3.8) is 0 Å². The highest BCUT2D eigenvalue weighted by Crippen LogP contribution is 2.29. The van der Waals surface area contributed by atoms with E-state index in [-0.39, 0.29) is 0 Å². The summed E-state index contributed by atoms with van der Waals surface area (Å²) in [5.41, 5.74) is 2.41. The molecule has 1 saturated heterocycles. The van der Waals surface area contributed by atoms with Crippen molar-refractivity contribution < 1.29 is 0 Å². The van der Waals surface area contributed by atoms with E-state index in [1.165, 1.54) is 24.2 Å². The average molecular weight is 282 g/mol. The van der Waals surface area contributed by atoms with Crippen LogP contribution in [0.25, 0.3) is 0 Å². The van der Waals surface area contributed by atoms with Crippen LogP contribution in [0.3, 0.4) is 0 Å². The predicted molar refractivity (Wildman–Crippen MR) is 83.3 cm³/mol. The van der Waals surface area contributed by atoms with E-state index in [4.69, 9.17) is 11.6 Å². The molecule has 1 aliphatic rings. The lowest BCUT2D eigenvalue weighted by Gasteiger charge is -2.25. The van der Waals surface area contributed by atoms with E-state index in [1.807, 2.05) is 7.05 Å². The SMILES string of the molecule is CNC(C)c1ccc(N2CCCN(C)CC2)c(Cl)c1. The standard InChI is InChI=1S/C15H24ClN3/c1-12(17-2)13-5-6-15(14(16)11-13)19-8-4-7-18(3)9-10-19/h5-6,11-12,17H,4,7-10H2,1-3H3. The molecule has 19 heavy (non-hydrogen) atoms. The minimum Gasteiger partial charge on any atom is -0.369 e. The number of anilines is 1. The first-order chi connectivity index (χ1) is 9.11. The van der Waals surface area contributed by atoms with Gasteiger partial charge in [-0.05, 0) is 51.7 Å². The normalized spacial score (nSPS) is 19.3. The zero-order chi connectivity index (χ0) is 13.8. The molecule has 1 atom stereocenters. The third kappa shape index (κ3) is 3.62. The highest BCUT2D eigenvalue weighted by atomic mass is 35.5. The van der Waals surface area contributed by atoms with Gasteiger partial charge in [-0.3, -0.25) is 0 Å². The van der Waals surface area contributed by atoms with E-state index in [9.17, 15) is 0 Å². The molecule has 106 valence electrons. The van der Waals surface area contributed by atoms with E-state index in [1.54, 1.807) is 0 Å². The summed E-state index contributed by atoms with van der Waals surface area (Å²) in [6.07, 6.45) is 1.20. The van der Waals surface area contributed by atoms with Gasteiger partial charge in [-0.2, -0.15) is 0 Å². The van der Waals surface area contributed by atoms with Gasteiger partial charge in [-0.1, -0.05) is 17.7 Å². The number of likely N-dealkylation sites (N-methyl/N-ethyl adjacent to an activating group) is 1. The molecule has 0 radical (unpaired) electrons. The van der Waals surface area contributed by atoms with E-state index < -0.39 is 0 Å². The van der Waals surface area contributed by atoms with Crippen molar-refractivity contribution in [3.8, 4) is 0 Å². The first-order valence-electron chi connectivity index (χ1n) is 7.02. The van der Waals surface area contributed by atoms with Gasteiger partial charge in [-0.15, -0.1) is 0 Å². The van der Waals surface area contributed by atoms with Gasteiger partial charge in [0.25, 0.3) is 0 Å². The van der Waals surface area contributed by atoms with Crippen molar-refractivity contribution in [2.24, 2.45) is 0 Å². The fourth-order valence-electron chi connectivity index (χ4n) is 2.50. The van der Waals surface area contributed by atoms with Crippen LogP contribution in [0.2, 0.25) is 5.02 Å². The Morgan fingerprint density at radius 1 is 1.21 bits per heavy atom. The second-order valence-corrected chi connectivity index (χ2v) is 5.77. The van der Waals surface area contributed by atoms with Crippen molar-refractivity contribution in [3.05, 3.63) is 28.8 Å². The van der Waals surface area contributed by atoms with E-state index in [2.05, 4.69) is 47.3 Å². The van der Waals surface area contributed by atoms with Gasteiger partial charge in [0.15, 0.2) is 0 Å². The molecule has 1 N–H and O–H groups in total. The summed E-state index contributed by atoms with van der Waals surface area (Å²) < 4.78 is 0. The molecule has 2 rings (SSSR count). The highest BCUT2D eigenvalue weighted by molar-refractivity contribution is 6.33. The number of hydrogen-bond acceptors (Lipinski definition) is 3. The van der Waals surface area contributed by atoms with Crippen LogP contribution in [0.5, 0.6) is 0 Å². The van der Waals surface area contributed by atoms with Gasteiger partial charge < -0.3 is 15.1 Å². The zero-order valence-electron chi connectivity index (χ0n) is 12.1. The fourth-order valence-corrected chi connectivity index (χ4v) is 2.81. The topological polar surface area (TPSA) is 18.5 Å². The van der Waals surface area contributed by atoms with Crippen LogP contribution in [0.4, 0.5) is 5.69 Å². The summed E-state index contributed by atoms with van der Waals surface area (Å²) in [5.74, 6) is 0. The zero-order valence-corrected chi connectivity index (χ0v) is 12.9. The Kier molecular flexibility index (Phi) is 5.08. The minimum absolute atomic E-state index is 0.335. The Morgan fingerprint density at radius 3 is 2.68 bits per heavy atom. The Labute approximate surface area is 121 Å². The average Bonchev–Trinajstić information content (AvgIpc) is 2.62. The molecule has 0 aromatic heterocycles. The lowest BCUT2D eigenvalue weighted by molar-refractivity contribution is 0.360. The number of nitrogens with zero attached hydrogens (tertiary/aromatic N) is 2. The first kappa shape index (κ1) is 14.6. The summed E-state index contributed by atoms with van der Waals surface area (Å²) in [6.45, 7) is 6.56. The summed E-state index contributed by atoms with van der Waals surface area (Å²) in [7, 11) is 4.15. The Balaban J connectivity index is 2.16. The van der Waals surface area contributed by atoms with Gasteiger partial charge in [0.05, 0.1) is 10.7 Å². The summed E-state index contributed by atoms with van der Waals surface area (Å²) in [5, 5.41) is 4.11. The summed E-state index contributed by atoms with van der Waals surface area (Å²) >= 11 is 6.47. The number of benzene rings is 1. The van der Waals surface area contributed by atoms with Gasteiger partial charge in [0, 0.05) is 25.7 Å². The fraction of sp³-hybridized carbons (Fsp3) is 0.600. The van der Waals surface area contributed by atoms with Crippen molar-refractivity contribution in [2.75, 3.05) is 45.2 Å². The van der Waals surface area contributed by atoms with Crippen molar-refractivity contribution in [2.45, 2.75) is 19.4 Å². The second-order valence-electron chi connectivity index (χ2n) is 5.37. The monoisotopic (exact) mass is 281 g/mol. The molecule has 3 nitrogen and oxygen atoms in total. The van der Waals surface area contributed by atoms with E-state index in [0.29, 0.717) is 6.04 Å². The minimum atomic E-state index is 0.335. The van der Waals surface area contributed by atoms with E-state index >= 15 is 0 Å². The molecule has 4 heteroatoms. The highest BCUT2D eigenvalue weighted by Gasteiger charge is 2.15. The quantitative estimate of drug-likeness (QED) is 0.919. The molecule has 1 heterocycles. The molecule has 0 saturated carbocycles. The molecule has 0 bridgehead atoms. The maximum atomic E-state index is 6.47. The Hall–Kier alpha value is -0.770. The van der Waals surface area contributed by atoms with Gasteiger partial charge >= 0.3 is 0 Å². The van der Waals surface area contributed by atoms with Gasteiger partial charge in [0.2, 0.25) is 0 Å². The smallest absolute Gasteiger partial charge is 0.0642 e. The number of halogens is 1. The number of nitrogens with one attached hydrogen (secondary N) is 1. The third-order valence-electron chi connectivity index (χ3n) is 3.96. The maximum Gasteiger partial charge on any atom is 0.0642 e. The maximum absolute atomic E-state index is 6.47. The molecule has 1 unspecified atom stereocenters. The van der Waals surface area contributed by atoms with Crippen LogP contribution in [0.15, 0.2) is 18.2 Å². The van der Waals surface area contributed by atoms with Crippen LogP contribution < -0.4 is 10.2 Å². The summed E-state index contributed by atoms with van der Waals surface area (Å²) in [6, 6.07) is 6.77. The molecule has 1 fully saturated rings. The number of rotatable bonds is 3. The molecule has 0 aliphatic carbocycles. The molecule has 0 spiro atoms. The lowest BCUT2D eigenvalue weighted by atomic mass is 10.1. The van der Waals surface area contributed by atoms with Gasteiger partial charge in [0.1, 0.15) is 0 Å². The largest absolute Gasteiger partial charge is 0.369 e. The summed E-state index contributed by atoms with van der Waals surface area (Å²) in [4.78, 5) is 4.78. The lowest BCUT2D eigenvalue weighted by Crippen LogP contribution is -2.29. The van der Waals surface area contributed by atoms with Crippen LogP contribution in [-0.4, -0.2) is 45.2 Å². The van der Waals surface area contributed by atoms with Crippen LogP contribution in [0, 0.1) is 0 Å². The molecule has 1 aromatic carbocycles. The third-order valence-corrected chi connectivity index (χ3v) is 4.27. The second kappa shape index (κ2) is 6.60. The molecular formula is C15H24ClN3. The van der Waals surface area contributed by atoms with Crippen LogP contribution >= 0.6 is 11.6 Å². The van der Waals surface area contributed by atoms with Gasteiger partial charge in [-0.25, -0.2) is 0 Å². The molecular weight excluding hydrogens is 258 g/mol. The Morgan fingerprint density at radius 2 is 2.00 bits per heavy atom. The first-order valence-corrected chi connectivity index (χ1v) is 7.40. The Bertz CT molecular complexity index is 422. The van der Waals surface area contributed by atoms with E-state index in [0.717, 1.165) is 24.7 Å². The molecule has 1 aliphatic heterocycles. The predicted octanol–water partition coefficient (Wildman–Crippen LogP) is 2.76. The van der Waals surface area contributed by atoms with Crippen molar-refractivity contribution in [1.29, 1.82) is 0 Å².